The Kier molecular flexibility index (Phi) is 13.3. The number of carbonyl (C=O) groups is 4. The van der Waals surface area contributed by atoms with E-state index in [1.54, 1.807) is 12.3 Å². The van der Waals surface area contributed by atoms with Gasteiger partial charge < -0.3 is 35.4 Å². The minimum atomic E-state index is -1.28. The topological polar surface area (TPSA) is 168 Å². The first-order chi connectivity index (χ1) is 22.4. The fraction of sp³-hybridized carbons (Fsp3) is 0.364. The Morgan fingerprint density at radius 2 is 1.65 bits per heavy atom. The van der Waals surface area contributed by atoms with E-state index in [1.807, 2.05) is 72.8 Å². The van der Waals surface area contributed by atoms with Crippen LogP contribution in [0.15, 0.2) is 85.1 Å². The van der Waals surface area contributed by atoms with E-state index in [0.29, 0.717) is 31.6 Å². The Morgan fingerprint density at radius 1 is 0.935 bits per heavy atom. The number of rotatable bonds is 17. The fourth-order valence-corrected chi connectivity index (χ4v) is 4.82. The normalized spacial score (nSPS) is 16.6. The maximum absolute atomic E-state index is 12.5. The zero-order chi connectivity index (χ0) is 32.6. The number of aromatic nitrogens is 1. The van der Waals surface area contributed by atoms with E-state index in [4.69, 9.17) is 14.3 Å². The number of ether oxygens (including phenoxy) is 2. The van der Waals surface area contributed by atoms with Gasteiger partial charge in [0.15, 0.2) is 0 Å². The lowest BCUT2D eigenvalue weighted by molar-refractivity contribution is -0.144. The van der Waals surface area contributed by atoms with Gasteiger partial charge >= 0.3 is 12.1 Å². The van der Waals surface area contributed by atoms with Crippen LogP contribution in [0.1, 0.15) is 30.4 Å². The number of hydroxylamine groups is 2. The molecular weight excluding hydrogens is 594 g/mol. The van der Waals surface area contributed by atoms with Gasteiger partial charge in [-0.25, -0.2) is 14.6 Å². The summed E-state index contributed by atoms with van der Waals surface area (Å²) in [5.41, 5.74) is 1.90. The molecule has 1 saturated heterocycles. The quantitative estimate of drug-likeness (QED) is 0.161. The maximum Gasteiger partial charge on any atom is 0.528 e. The average molecular weight is 634 g/mol. The van der Waals surface area contributed by atoms with Gasteiger partial charge in [-0.3, -0.25) is 9.59 Å². The van der Waals surface area contributed by atoms with E-state index in [2.05, 4.69) is 20.9 Å². The van der Waals surface area contributed by atoms with Crippen LogP contribution >= 0.6 is 0 Å². The number of anilines is 1. The van der Waals surface area contributed by atoms with Crippen LogP contribution in [0.5, 0.6) is 0 Å². The number of aliphatic carboxylic acids is 1. The van der Waals surface area contributed by atoms with E-state index in [-0.39, 0.29) is 38.8 Å². The van der Waals surface area contributed by atoms with Crippen LogP contribution in [-0.4, -0.2) is 83.5 Å². The monoisotopic (exact) mass is 633 g/mol. The number of nitrogens with zero attached hydrogens (tertiary/aromatic N) is 2. The summed E-state index contributed by atoms with van der Waals surface area (Å²) in [4.78, 5) is 58.7. The molecule has 4 N–H and O–H groups in total. The number of hydrogen-bond donors (Lipinski definition) is 4. The van der Waals surface area contributed by atoms with Gasteiger partial charge in [0.05, 0.1) is 18.7 Å². The summed E-state index contributed by atoms with van der Waals surface area (Å²) in [6, 6.07) is 22.7. The maximum atomic E-state index is 12.5. The first-order valence-electron chi connectivity index (χ1n) is 15.1. The van der Waals surface area contributed by atoms with E-state index < -0.39 is 36.1 Å². The highest BCUT2D eigenvalue weighted by Gasteiger charge is 2.36. The van der Waals surface area contributed by atoms with Gasteiger partial charge in [0.2, 0.25) is 11.8 Å². The van der Waals surface area contributed by atoms with Gasteiger partial charge in [-0.1, -0.05) is 66.7 Å². The van der Waals surface area contributed by atoms with Crippen molar-refractivity contribution in [3.63, 3.8) is 0 Å². The van der Waals surface area contributed by atoms with Gasteiger partial charge in [-0.05, 0) is 42.5 Å². The lowest BCUT2D eigenvalue weighted by atomic mass is 10.1. The van der Waals surface area contributed by atoms with Crippen molar-refractivity contribution >= 4 is 29.8 Å². The second-order valence-corrected chi connectivity index (χ2v) is 10.7. The van der Waals surface area contributed by atoms with Crippen LogP contribution in [0.2, 0.25) is 0 Å². The number of carboxylic acid groups (broad SMARTS) is 1. The Bertz CT molecular complexity index is 1400. The van der Waals surface area contributed by atoms with Crippen molar-refractivity contribution in [2.45, 2.75) is 50.5 Å². The zero-order valence-electron chi connectivity index (χ0n) is 25.4. The molecular formula is C33H39N5O8. The number of amides is 2. The lowest BCUT2D eigenvalue weighted by Crippen LogP contribution is -2.49. The molecule has 0 aliphatic carbocycles. The molecule has 1 aliphatic rings. The number of benzene rings is 2. The molecule has 13 heteroatoms. The molecule has 4 rings (SSSR count). The van der Waals surface area contributed by atoms with E-state index in [0.717, 1.165) is 11.1 Å². The molecule has 1 fully saturated rings. The molecule has 1 aliphatic heterocycles. The largest absolute Gasteiger partial charge is 0.528 e. The molecule has 0 radical (unpaired) electrons. The lowest BCUT2D eigenvalue weighted by Gasteiger charge is -2.22. The molecule has 2 aromatic carbocycles. The molecule has 2 heterocycles. The number of carboxylic acids is 1. The van der Waals surface area contributed by atoms with Gasteiger partial charge in [-0.2, -0.15) is 0 Å². The van der Waals surface area contributed by atoms with E-state index in [1.165, 1.54) is 5.06 Å². The van der Waals surface area contributed by atoms with Crippen LogP contribution in [0.25, 0.3) is 0 Å². The van der Waals surface area contributed by atoms with Crippen molar-refractivity contribution < 1.29 is 38.6 Å². The van der Waals surface area contributed by atoms with Crippen molar-refractivity contribution in [3.05, 3.63) is 96.2 Å². The van der Waals surface area contributed by atoms with Crippen LogP contribution in [0.4, 0.5) is 10.6 Å². The van der Waals surface area contributed by atoms with Crippen molar-refractivity contribution in [2.24, 2.45) is 0 Å². The molecule has 2 amide bonds. The predicted octanol–water partition coefficient (Wildman–Crippen LogP) is 2.93. The Hall–Kier alpha value is -5.01. The van der Waals surface area contributed by atoms with Gasteiger partial charge in [0, 0.05) is 25.7 Å². The van der Waals surface area contributed by atoms with E-state index >= 15 is 0 Å². The Labute approximate surface area is 267 Å². The summed E-state index contributed by atoms with van der Waals surface area (Å²) in [5, 5.41) is 19.2. The van der Waals surface area contributed by atoms with Crippen molar-refractivity contribution in [3.8, 4) is 0 Å². The minimum Gasteiger partial charge on any atom is -0.480 e. The van der Waals surface area contributed by atoms with Crippen LogP contribution in [0, 0.1) is 0 Å². The molecule has 0 spiro atoms. The molecule has 46 heavy (non-hydrogen) atoms. The highest BCUT2D eigenvalue weighted by Crippen LogP contribution is 2.22. The fourth-order valence-electron chi connectivity index (χ4n) is 4.82. The summed E-state index contributed by atoms with van der Waals surface area (Å²) < 4.78 is 11.1. The standard InChI is InChI=1S/C33H39N5O8/c39-30(16-9-14-24-10-3-1-4-11-24)37-28(32(41)42)20-36-31(40)23-44-27-18-26(19-35-29-15-7-8-17-34-29)38(21-27)46-33(43)45-22-25-12-5-2-6-13-25/h1-8,10-13,15,17,26-28H,9,14,16,18-23H2,(H,34,35)(H,36,40)(H,37,39)(H,41,42). The second kappa shape index (κ2) is 18.1. The molecule has 13 nitrogen and oxygen atoms in total. The highest BCUT2D eigenvalue weighted by atomic mass is 16.8. The third-order valence-electron chi connectivity index (χ3n) is 7.20. The summed E-state index contributed by atoms with van der Waals surface area (Å²) >= 11 is 0. The van der Waals surface area contributed by atoms with Gasteiger partial charge in [-0.15, -0.1) is 5.06 Å². The van der Waals surface area contributed by atoms with Crippen molar-refractivity contribution in [1.29, 1.82) is 0 Å². The average Bonchev–Trinajstić information content (AvgIpc) is 3.46. The smallest absolute Gasteiger partial charge is 0.480 e. The van der Waals surface area contributed by atoms with Crippen LogP contribution in [0.3, 0.4) is 0 Å². The predicted molar refractivity (Wildman–Crippen MR) is 167 cm³/mol. The third kappa shape index (κ3) is 11.8. The van der Waals surface area contributed by atoms with Crippen molar-refractivity contribution in [2.75, 3.05) is 31.6 Å². The number of hydrogen-bond acceptors (Lipinski definition) is 10. The Morgan fingerprint density at radius 3 is 2.35 bits per heavy atom. The number of nitrogens with one attached hydrogen (secondary N) is 3. The number of pyridine rings is 1. The van der Waals surface area contributed by atoms with Gasteiger partial charge in [0.25, 0.3) is 0 Å². The van der Waals surface area contributed by atoms with Gasteiger partial charge in [0.1, 0.15) is 25.1 Å². The minimum absolute atomic E-state index is 0.0515. The summed E-state index contributed by atoms with van der Waals surface area (Å²) in [7, 11) is 0. The first kappa shape index (κ1) is 33.9. The number of aryl methyl sites for hydroxylation is 1. The molecule has 0 bridgehead atoms. The molecule has 3 atom stereocenters. The third-order valence-corrected chi connectivity index (χ3v) is 7.20. The first-order valence-corrected chi connectivity index (χ1v) is 15.1. The summed E-state index contributed by atoms with van der Waals surface area (Å²) in [6.07, 6.45) is 2.16. The van der Waals surface area contributed by atoms with Crippen LogP contribution < -0.4 is 16.0 Å². The number of carbonyl (C=O) groups excluding carboxylic acids is 3. The van der Waals surface area contributed by atoms with E-state index in [9.17, 15) is 24.3 Å². The summed E-state index contributed by atoms with van der Waals surface area (Å²) in [5.74, 6) is -1.57. The molecule has 3 aromatic rings. The highest BCUT2D eigenvalue weighted by molar-refractivity contribution is 5.84. The summed E-state index contributed by atoms with van der Waals surface area (Å²) in [6.45, 7) is -0.0458. The molecule has 3 unspecified atom stereocenters. The Balaban J connectivity index is 1.21. The second-order valence-electron chi connectivity index (χ2n) is 10.7. The van der Waals surface area contributed by atoms with Crippen molar-refractivity contribution in [1.82, 2.24) is 20.7 Å². The molecule has 244 valence electrons. The molecule has 1 aromatic heterocycles. The zero-order valence-corrected chi connectivity index (χ0v) is 25.4. The SMILES string of the molecule is O=C(COC1CC(CNc2ccccn2)N(OC(=O)OCc2ccccc2)C1)NCC(NC(=O)CCCc1ccccc1)C(=O)O. The molecule has 0 saturated carbocycles. The van der Waals surface area contributed by atoms with Crippen LogP contribution in [-0.2, 0) is 41.7 Å².